The number of hydrogen-bond donors (Lipinski definition) is 1. The van der Waals surface area contributed by atoms with Gasteiger partial charge in [-0.1, -0.05) is 30.3 Å². The smallest absolute Gasteiger partial charge is 0.319 e. The van der Waals surface area contributed by atoms with Gasteiger partial charge in [0.05, 0.1) is 12.2 Å². The molecule has 148 valence electrons. The Morgan fingerprint density at radius 1 is 0.964 bits per heavy atom. The van der Waals surface area contributed by atoms with Gasteiger partial charge in [0.2, 0.25) is 5.91 Å². The minimum atomic E-state index is -0.100. The van der Waals surface area contributed by atoms with Gasteiger partial charge in [-0.2, -0.15) is 0 Å². The topological polar surface area (TPSA) is 65.1 Å². The molecule has 0 aliphatic carbocycles. The number of para-hydroxylation sites is 3. The molecule has 3 rings (SSSR count). The molecule has 1 aliphatic heterocycles. The number of urea groups is 1. The lowest BCUT2D eigenvalue weighted by molar-refractivity contribution is -0.117. The van der Waals surface area contributed by atoms with Crippen molar-refractivity contribution in [2.45, 2.75) is 0 Å². The van der Waals surface area contributed by atoms with Gasteiger partial charge >= 0.3 is 6.03 Å². The third kappa shape index (κ3) is 5.23. The number of amides is 3. The number of nitrogens with zero attached hydrogens (tertiary/aromatic N) is 3. The van der Waals surface area contributed by atoms with Crippen molar-refractivity contribution in [1.29, 1.82) is 0 Å². The van der Waals surface area contributed by atoms with Gasteiger partial charge < -0.3 is 19.9 Å². The van der Waals surface area contributed by atoms with E-state index in [2.05, 4.69) is 10.2 Å². The highest BCUT2D eigenvalue weighted by atomic mass is 16.5. The Labute approximate surface area is 165 Å². The highest BCUT2D eigenvalue weighted by Crippen LogP contribution is 2.29. The van der Waals surface area contributed by atoms with Crippen LogP contribution in [0.4, 0.5) is 10.5 Å². The molecule has 0 saturated carbocycles. The zero-order valence-electron chi connectivity index (χ0n) is 16.3. The second-order valence-electron chi connectivity index (χ2n) is 6.90. The van der Waals surface area contributed by atoms with E-state index in [1.165, 1.54) is 0 Å². The van der Waals surface area contributed by atoms with Gasteiger partial charge in [-0.15, -0.1) is 0 Å². The number of piperazine rings is 1. The summed E-state index contributed by atoms with van der Waals surface area (Å²) in [6, 6.07) is 16.9. The van der Waals surface area contributed by atoms with Gasteiger partial charge in [0.15, 0.2) is 5.75 Å². The van der Waals surface area contributed by atoms with E-state index in [0.717, 1.165) is 0 Å². The van der Waals surface area contributed by atoms with Crippen LogP contribution in [0.5, 0.6) is 11.5 Å². The number of benzene rings is 2. The predicted octanol–water partition coefficient (Wildman–Crippen LogP) is 2.72. The molecule has 1 fully saturated rings. The SMILES string of the molecule is CN(C)C(=O)N1CCN(CC(=O)Nc2ccccc2Oc2ccccc2)CC1. The lowest BCUT2D eigenvalue weighted by atomic mass is 10.2. The van der Waals surface area contributed by atoms with Gasteiger partial charge in [-0.3, -0.25) is 9.69 Å². The van der Waals surface area contributed by atoms with Crippen molar-refractivity contribution in [2.75, 3.05) is 52.1 Å². The van der Waals surface area contributed by atoms with Crippen LogP contribution >= 0.6 is 0 Å². The molecule has 7 heteroatoms. The zero-order valence-corrected chi connectivity index (χ0v) is 16.3. The van der Waals surface area contributed by atoms with Crippen molar-refractivity contribution in [1.82, 2.24) is 14.7 Å². The summed E-state index contributed by atoms with van der Waals surface area (Å²) < 4.78 is 5.89. The Balaban J connectivity index is 1.54. The number of carbonyl (C=O) groups is 2. The minimum Gasteiger partial charge on any atom is -0.455 e. The summed E-state index contributed by atoms with van der Waals surface area (Å²) in [5.41, 5.74) is 0.637. The third-order valence-electron chi connectivity index (χ3n) is 4.52. The van der Waals surface area contributed by atoms with Crippen molar-refractivity contribution in [3.05, 3.63) is 54.6 Å². The first-order valence-corrected chi connectivity index (χ1v) is 9.33. The van der Waals surface area contributed by atoms with Crippen LogP contribution in [-0.4, -0.2) is 73.5 Å². The third-order valence-corrected chi connectivity index (χ3v) is 4.52. The summed E-state index contributed by atoms with van der Waals surface area (Å²) in [7, 11) is 3.49. The fourth-order valence-electron chi connectivity index (χ4n) is 3.05. The Bertz CT molecular complexity index is 802. The summed E-state index contributed by atoms with van der Waals surface area (Å²) in [6.45, 7) is 2.88. The molecule has 1 N–H and O–H groups in total. The fraction of sp³-hybridized carbons (Fsp3) is 0.333. The molecule has 0 aromatic heterocycles. The number of hydrogen-bond acceptors (Lipinski definition) is 4. The number of carbonyl (C=O) groups excluding carboxylic acids is 2. The van der Waals surface area contributed by atoms with Gasteiger partial charge in [0.1, 0.15) is 5.75 Å². The Morgan fingerprint density at radius 2 is 1.61 bits per heavy atom. The largest absolute Gasteiger partial charge is 0.455 e. The maximum Gasteiger partial charge on any atom is 0.319 e. The molecule has 3 amide bonds. The van der Waals surface area contributed by atoms with Crippen LogP contribution in [0, 0.1) is 0 Å². The molecule has 1 saturated heterocycles. The molecule has 2 aromatic rings. The molecule has 0 bridgehead atoms. The van der Waals surface area contributed by atoms with E-state index >= 15 is 0 Å². The van der Waals surface area contributed by atoms with E-state index in [4.69, 9.17) is 4.74 Å². The summed E-state index contributed by atoms with van der Waals surface area (Å²) in [6.07, 6.45) is 0. The first kappa shape index (κ1) is 19.7. The van der Waals surface area contributed by atoms with Crippen molar-refractivity contribution in [2.24, 2.45) is 0 Å². The quantitative estimate of drug-likeness (QED) is 0.864. The van der Waals surface area contributed by atoms with Crippen LogP contribution in [0.2, 0.25) is 0 Å². The highest BCUT2D eigenvalue weighted by Gasteiger charge is 2.23. The van der Waals surface area contributed by atoms with Gasteiger partial charge in [0.25, 0.3) is 0 Å². The fourth-order valence-corrected chi connectivity index (χ4v) is 3.05. The van der Waals surface area contributed by atoms with Crippen LogP contribution in [0.1, 0.15) is 0 Å². The van der Waals surface area contributed by atoms with Crippen LogP contribution < -0.4 is 10.1 Å². The minimum absolute atomic E-state index is 0.0103. The summed E-state index contributed by atoms with van der Waals surface area (Å²) in [5, 5.41) is 2.94. The lowest BCUT2D eigenvalue weighted by Crippen LogP contribution is -2.52. The second kappa shape index (κ2) is 9.23. The molecule has 2 aromatic carbocycles. The van der Waals surface area contributed by atoms with Gasteiger partial charge in [-0.05, 0) is 24.3 Å². The second-order valence-corrected chi connectivity index (χ2v) is 6.90. The molecule has 0 atom stereocenters. The Hall–Kier alpha value is -3.06. The van der Waals surface area contributed by atoms with Crippen molar-refractivity contribution < 1.29 is 14.3 Å². The number of rotatable bonds is 5. The average Bonchev–Trinajstić information content (AvgIpc) is 2.70. The monoisotopic (exact) mass is 382 g/mol. The molecule has 0 unspecified atom stereocenters. The van der Waals surface area contributed by atoms with Crippen molar-refractivity contribution in [3.8, 4) is 11.5 Å². The van der Waals surface area contributed by atoms with E-state index in [0.29, 0.717) is 43.4 Å². The van der Waals surface area contributed by atoms with Gasteiger partial charge in [-0.25, -0.2) is 4.79 Å². The zero-order chi connectivity index (χ0) is 19.9. The van der Waals surface area contributed by atoms with E-state index in [-0.39, 0.29) is 18.5 Å². The Kier molecular flexibility index (Phi) is 6.49. The predicted molar refractivity (Wildman–Crippen MR) is 109 cm³/mol. The standard InChI is InChI=1S/C21H26N4O3/c1-23(2)21(27)25-14-12-24(13-15-25)16-20(26)22-18-10-6-7-11-19(18)28-17-8-4-3-5-9-17/h3-11H,12-16H2,1-2H3,(H,22,26). The normalized spacial score (nSPS) is 14.4. The molecule has 0 radical (unpaired) electrons. The van der Waals surface area contributed by atoms with Crippen LogP contribution in [-0.2, 0) is 4.79 Å². The number of anilines is 1. The molecule has 28 heavy (non-hydrogen) atoms. The number of nitrogens with one attached hydrogen (secondary N) is 1. The van der Waals surface area contributed by atoms with Crippen LogP contribution in [0.25, 0.3) is 0 Å². The highest BCUT2D eigenvalue weighted by molar-refractivity contribution is 5.93. The van der Waals surface area contributed by atoms with E-state index < -0.39 is 0 Å². The van der Waals surface area contributed by atoms with E-state index in [1.807, 2.05) is 54.6 Å². The molecule has 1 aliphatic rings. The average molecular weight is 382 g/mol. The molecular formula is C21H26N4O3. The first-order valence-electron chi connectivity index (χ1n) is 9.33. The van der Waals surface area contributed by atoms with E-state index in [1.54, 1.807) is 23.9 Å². The summed E-state index contributed by atoms with van der Waals surface area (Å²) >= 11 is 0. The summed E-state index contributed by atoms with van der Waals surface area (Å²) in [4.78, 5) is 29.9. The summed E-state index contributed by atoms with van der Waals surface area (Å²) in [5.74, 6) is 1.21. The van der Waals surface area contributed by atoms with Crippen molar-refractivity contribution >= 4 is 17.6 Å². The van der Waals surface area contributed by atoms with Crippen LogP contribution in [0.3, 0.4) is 0 Å². The molecule has 7 nitrogen and oxygen atoms in total. The first-order chi connectivity index (χ1) is 13.5. The molecular weight excluding hydrogens is 356 g/mol. The van der Waals surface area contributed by atoms with Crippen LogP contribution in [0.15, 0.2) is 54.6 Å². The molecule has 0 spiro atoms. The van der Waals surface area contributed by atoms with Crippen molar-refractivity contribution in [3.63, 3.8) is 0 Å². The Morgan fingerprint density at radius 3 is 2.29 bits per heavy atom. The van der Waals surface area contributed by atoms with E-state index in [9.17, 15) is 9.59 Å². The molecule has 1 heterocycles. The lowest BCUT2D eigenvalue weighted by Gasteiger charge is -2.35. The maximum atomic E-state index is 12.5. The maximum absolute atomic E-state index is 12.5. The van der Waals surface area contributed by atoms with Gasteiger partial charge in [0, 0.05) is 40.3 Å². The number of ether oxygens (including phenoxy) is 1.